The highest BCUT2D eigenvalue weighted by molar-refractivity contribution is 5.66. The Morgan fingerprint density at radius 1 is 1.58 bits per heavy atom. The van der Waals surface area contributed by atoms with E-state index in [9.17, 15) is 14.9 Å². The Kier molecular flexibility index (Phi) is 3.41. The van der Waals surface area contributed by atoms with E-state index < -0.39 is 5.60 Å². The van der Waals surface area contributed by atoms with Gasteiger partial charge in [-0.3, -0.25) is 14.9 Å². The van der Waals surface area contributed by atoms with Gasteiger partial charge >= 0.3 is 5.97 Å². The lowest BCUT2D eigenvalue weighted by atomic mass is 9.52. The van der Waals surface area contributed by atoms with Crippen molar-refractivity contribution in [2.24, 2.45) is 17.3 Å². The van der Waals surface area contributed by atoms with Crippen molar-refractivity contribution in [3.05, 3.63) is 22.3 Å². The van der Waals surface area contributed by atoms with E-state index in [0.29, 0.717) is 12.3 Å². The van der Waals surface area contributed by atoms with Crippen LogP contribution >= 0.6 is 0 Å². The Morgan fingerprint density at radius 3 is 2.79 bits per heavy atom. The summed E-state index contributed by atoms with van der Waals surface area (Å²) in [5.74, 6) is 0.486. The molecule has 2 rings (SSSR count). The van der Waals surface area contributed by atoms with Gasteiger partial charge in [0.25, 0.3) is 0 Å². The molecule has 0 aromatic carbocycles. The molecule has 0 saturated heterocycles. The second kappa shape index (κ2) is 4.62. The lowest BCUT2D eigenvalue weighted by Gasteiger charge is -2.52. The fraction of sp³-hybridized carbons (Fsp3) is 0.786. The van der Waals surface area contributed by atoms with Gasteiger partial charge in [0.05, 0.1) is 0 Å². The molecule has 19 heavy (non-hydrogen) atoms. The molecule has 106 valence electrons. The maximum Gasteiger partial charge on any atom is 0.303 e. The monoisotopic (exact) mass is 267 g/mol. The van der Waals surface area contributed by atoms with Gasteiger partial charge in [-0.1, -0.05) is 12.2 Å². The van der Waals surface area contributed by atoms with Crippen LogP contribution in [0.15, 0.2) is 12.2 Å². The zero-order valence-electron chi connectivity index (χ0n) is 11.7. The summed E-state index contributed by atoms with van der Waals surface area (Å²) >= 11 is 0. The van der Waals surface area contributed by atoms with Crippen molar-refractivity contribution in [3.63, 3.8) is 0 Å². The molecule has 0 bridgehead atoms. The van der Waals surface area contributed by atoms with Crippen LogP contribution < -0.4 is 0 Å². The molecule has 0 heterocycles. The molecule has 0 unspecified atom stereocenters. The van der Waals surface area contributed by atoms with Crippen molar-refractivity contribution < 1.29 is 14.5 Å². The second-order valence-corrected chi connectivity index (χ2v) is 6.54. The normalized spacial score (nSPS) is 32.6. The first-order valence-corrected chi connectivity index (χ1v) is 6.72. The van der Waals surface area contributed by atoms with Crippen molar-refractivity contribution in [1.29, 1.82) is 0 Å². The number of ether oxygens (including phenoxy) is 1. The Labute approximate surface area is 113 Å². The molecule has 2 aliphatic carbocycles. The van der Waals surface area contributed by atoms with E-state index in [0.717, 1.165) is 12.8 Å². The van der Waals surface area contributed by atoms with Crippen molar-refractivity contribution in [2.45, 2.75) is 45.6 Å². The number of nitrogens with zero attached hydrogens (tertiary/aromatic N) is 1. The molecule has 2 aliphatic rings. The molecular weight excluding hydrogens is 246 g/mol. The predicted octanol–water partition coefficient (Wildman–Crippen LogP) is 2.58. The number of esters is 1. The number of carbonyl (C=O) groups is 1. The molecule has 1 fully saturated rings. The van der Waals surface area contributed by atoms with Gasteiger partial charge < -0.3 is 4.74 Å². The van der Waals surface area contributed by atoms with Gasteiger partial charge in [-0.05, 0) is 44.9 Å². The van der Waals surface area contributed by atoms with Crippen LogP contribution in [0.2, 0.25) is 0 Å². The molecule has 0 N–H and O–H groups in total. The van der Waals surface area contributed by atoms with E-state index in [1.165, 1.54) is 6.92 Å². The largest absolute Gasteiger partial charge is 0.460 e. The molecule has 1 saturated carbocycles. The summed E-state index contributed by atoms with van der Waals surface area (Å²) in [4.78, 5) is 21.9. The average Bonchev–Trinajstić information content (AvgIpc) is 2.56. The number of rotatable bonds is 5. The van der Waals surface area contributed by atoms with Crippen molar-refractivity contribution in [1.82, 2.24) is 0 Å². The van der Waals surface area contributed by atoms with Crippen LogP contribution in [0.3, 0.4) is 0 Å². The number of nitro groups is 1. The van der Waals surface area contributed by atoms with Crippen LogP contribution in [-0.2, 0) is 9.53 Å². The summed E-state index contributed by atoms with van der Waals surface area (Å²) in [6.45, 7) is 5.01. The molecule has 5 nitrogen and oxygen atoms in total. The van der Waals surface area contributed by atoms with E-state index >= 15 is 0 Å². The first-order chi connectivity index (χ1) is 8.74. The molecule has 0 spiro atoms. The Balaban J connectivity index is 2.13. The first-order valence-electron chi connectivity index (χ1n) is 6.72. The minimum atomic E-state index is -0.650. The highest BCUT2D eigenvalue weighted by atomic mass is 16.6. The van der Waals surface area contributed by atoms with Crippen molar-refractivity contribution >= 4 is 5.97 Å². The quantitative estimate of drug-likeness (QED) is 0.332. The van der Waals surface area contributed by atoms with Gasteiger partial charge in [-0.25, -0.2) is 0 Å². The number of allylic oxidation sites excluding steroid dienone is 2. The summed E-state index contributed by atoms with van der Waals surface area (Å²) in [6, 6.07) is 0. The summed E-state index contributed by atoms with van der Waals surface area (Å²) in [6.07, 6.45) is 6.66. The summed E-state index contributed by atoms with van der Waals surface area (Å²) in [7, 11) is 0. The number of fused-ring (bicyclic) bond motifs is 1. The average molecular weight is 267 g/mol. The van der Waals surface area contributed by atoms with Gasteiger partial charge in [0.2, 0.25) is 6.54 Å². The van der Waals surface area contributed by atoms with E-state index in [1.807, 2.05) is 13.8 Å². The third-order valence-electron chi connectivity index (χ3n) is 4.31. The maximum absolute atomic E-state index is 11.1. The van der Waals surface area contributed by atoms with Crippen molar-refractivity contribution in [2.75, 3.05) is 6.54 Å². The number of hydrogen-bond donors (Lipinski definition) is 0. The minimum absolute atomic E-state index is 0.0385. The first kappa shape index (κ1) is 14.0. The third kappa shape index (κ3) is 2.80. The van der Waals surface area contributed by atoms with Crippen molar-refractivity contribution in [3.8, 4) is 0 Å². The van der Waals surface area contributed by atoms with Crippen LogP contribution in [0.4, 0.5) is 0 Å². The number of hydrogen-bond acceptors (Lipinski definition) is 4. The fourth-order valence-corrected chi connectivity index (χ4v) is 4.06. The lowest BCUT2D eigenvalue weighted by molar-refractivity contribution is -0.507. The van der Waals surface area contributed by atoms with Gasteiger partial charge in [-0.2, -0.15) is 0 Å². The van der Waals surface area contributed by atoms with Gasteiger partial charge in [0, 0.05) is 17.3 Å². The van der Waals surface area contributed by atoms with Gasteiger partial charge in [0.1, 0.15) is 5.60 Å². The van der Waals surface area contributed by atoms with Gasteiger partial charge in [0.15, 0.2) is 0 Å². The second-order valence-electron chi connectivity index (χ2n) is 6.54. The summed E-state index contributed by atoms with van der Waals surface area (Å²) in [5, 5.41) is 11.0. The van der Waals surface area contributed by atoms with Crippen LogP contribution in [0.25, 0.3) is 0 Å². The molecule has 5 heteroatoms. The minimum Gasteiger partial charge on any atom is -0.460 e. The molecule has 0 amide bonds. The Bertz CT molecular complexity index is 429. The standard InChI is InChI=1S/C14H21NO4/c1-10(16)19-13(2,3)8-14(9-15(17)18)7-11-5-4-6-12(11)14/h4,6,11-12H,5,7-9H2,1-3H3/t11-,12-,14-/m0/s1. The van der Waals surface area contributed by atoms with Gasteiger partial charge in [-0.15, -0.1) is 0 Å². The van der Waals surface area contributed by atoms with E-state index in [2.05, 4.69) is 12.2 Å². The smallest absolute Gasteiger partial charge is 0.303 e. The van der Waals surface area contributed by atoms with Crippen LogP contribution in [-0.4, -0.2) is 23.0 Å². The molecule has 3 atom stereocenters. The topological polar surface area (TPSA) is 69.4 Å². The Morgan fingerprint density at radius 2 is 2.26 bits per heavy atom. The predicted molar refractivity (Wildman–Crippen MR) is 70.1 cm³/mol. The van der Waals surface area contributed by atoms with Crippen LogP contribution in [0.1, 0.15) is 40.0 Å². The summed E-state index contributed by atoms with van der Waals surface area (Å²) in [5.41, 5.74) is -0.997. The van der Waals surface area contributed by atoms with E-state index in [1.54, 1.807) is 0 Å². The zero-order chi connectivity index (χ0) is 14.3. The molecule has 0 aromatic heterocycles. The van der Waals surface area contributed by atoms with Crippen LogP contribution in [0.5, 0.6) is 0 Å². The molecule has 0 radical (unpaired) electrons. The summed E-state index contributed by atoms with van der Waals surface area (Å²) < 4.78 is 5.31. The molecule has 0 aromatic rings. The van der Waals surface area contributed by atoms with E-state index in [4.69, 9.17) is 4.74 Å². The molecule has 0 aliphatic heterocycles. The Hall–Kier alpha value is -1.39. The fourth-order valence-electron chi connectivity index (χ4n) is 4.06. The zero-order valence-corrected chi connectivity index (χ0v) is 11.7. The highest BCUT2D eigenvalue weighted by Gasteiger charge is 2.58. The highest BCUT2D eigenvalue weighted by Crippen LogP contribution is 2.59. The molecular formula is C14H21NO4. The maximum atomic E-state index is 11.1. The van der Waals surface area contributed by atoms with E-state index in [-0.39, 0.29) is 28.8 Å². The van der Waals surface area contributed by atoms with Crippen LogP contribution in [0, 0.1) is 27.4 Å². The SMILES string of the molecule is CC(=O)OC(C)(C)C[C@]1(C[N+](=O)[O-])C[C@@H]2CC=C[C@@H]21. The number of carbonyl (C=O) groups excluding carboxylic acids is 1. The third-order valence-corrected chi connectivity index (χ3v) is 4.31. The lowest BCUT2D eigenvalue weighted by Crippen LogP contribution is -2.53.